The van der Waals surface area contributed by atoms with Crippen molar-refractivity contribution >= 4 is 17.9 Å². The third-order valence-corrected chi connectivity index (χ3v) is 18.7. The Morgan fingerprint density at radius 3 is 0.792 bits per heavy atom. The maximum absolute atomic E-state index is 13.0. The summed E-state index contributed by atoms with van der Waals surface area (Å²) in [7, 11) is 5.99. The summed E-state index contributed by atoms with van der Waals surface area (Å²) in [6.07, 6.45) is 114. The quantitative estimate of drug-likeness (QED) is 0.0211. The molecule has 0 bridgehead atoms. The Morgan fingerprint density at radius 1 is 0.297 bits per heavy atom. The highest BCUT2D eigenvalue weighted by molar-refractivity contribution is 5.71. The molecule has 1 N–H and O–H groups in total. The number of aliphatic carboxylic acids is 1. The lowest BCUT2D eigenvalue weighted by Crippen LogP contribution is -2.40. The average molecular weight is 1410 g/mol. The number of carbonyl (C=O) groups is 3. The van der Waals surface area contributed by atoms with Gasteiger partial charge in [-0.2, -0.15) is 0 Å². The van der Waals surface area contributed by atoms with E-state index in [2.05, 4.69) is 135 Å². The molecule has 0 aromatic carbocycles. The number of unbranched alkanes of at least 4 members (excludes halogenated alkanes) is 44. The molecule has 0 aromatic heterocycles. The van der Waals surface area contributed by atoms with Crippen LogP contribution in [0.5, 0.6) is 0 Å². The Morgan fingerprint density at radius 2 is 0.535 bits per heavy atom. The van der Waals surface area contributed by atoms with Gasteiger partial charge in [-0.05, 0) is 103 Å². The van der Waals surface area contributed by atoms with Gasteiger partial charge in [0, 0.05) is 12.8 Å². The topological polar surface area (TPSA) is 108 Å². The van der Waals surface area contributed by atoms with Gasteiger partial charge in [0.25, 0.3) is 6.29 Å². The molecule has 2 unspecified atom stereocenters. The minimum Gasteiger partial charge on any atom is -0.477 e. The van der Waals surface area contributed by atoms with Crippen LogP contribution in [0.3, 0.4) is 0 Å². The third-order valence-electron chi connectivity index (χ3n) is 18.7. The van der Waals surface area contributed by atoms with Crippen LogP contribution in [0.15, 0.2) is 122 Å². The lowest BCUT2D eigenvalue weighted by molar-refractivity contribution is -0.870. The summed E-state index contributed by atoms with van der Waals surface area (Å²) < 4.78 is 23.1. The predicted molar refractivity (Wildman–Crippen MR) is 438 cm³/mol. The van der Waals surface area contributed by atoms with E-state index in [1.54, 1.807) is 0 Å². The number of nitrogens with zero attached hydrogens (tertiary/aromatic N) is 1. The lowest BCUT2D eigenvalue weighted by Gasteiger charge is -2.25. The largest absolute Gasteiger partial charge is 0.477 e. The zero-order chi connectivity index (χ0) is 73.2. The highest BCUT2D eigenvalue weighted by Crippen LogP contribution is 2.20. The van der Waals surface area contributed by atoms with Crippen LogP contribution in [-0.2, 0) is 33.3 Å². The molecule has 0 saturated heterocycles. The minimum atomic E-state index is -1.51. The molecule has 0 fully saturated rings. The molecule has 0 aliphatic rings. The SMILES string of the molecule is CC/C=C\C/C=C\C/C=C\C/C=C\C/C=C\C/C=C\CCCCCCCCCCCCCCCCCCCCC(=O)OC(COC(=O)CCCCCCCCCCCCCCCCCCCCCCCCCCCC/C=C\C/C=C\C/C=C\C/C=C\CC)COC(OCC[N+](C)(C)C)C(=O)O. The number of carbonyl (C=O) groups excluding carboxylic acids is 2. The predicted octanol–water partition coefficient (Wildman–Crippen LogP) is 27.8. The number of likely N-dealkylation sites (N-methyl/N-ethyl adjacent to an activating group) is 1. The minimum absolute atomic E-state index is 0.180. The van der Waals surface area contributed by atoms with Crippen molar-refractivity contribution in [3.05, 3.63) is 122 Å². The molecule has 101 heavy (non-hydrogen) atoms. The van der Waals surface area contributed by atoms with E-state index in [0.29, 0.717) is 17.4 Å². The number of carboxylic acid groups (broad SMARTS) is 1. The first-order valence-corrected chi connectivity index (χ1v) is 42.7. The van der Waals surface area contributed by atoms with E-state index in [0.717, 1.165) is 103 Å². The number of rotatable bonds is 79. The number of ether oxygens (including phenoxy) is 4. The molecule has 0 spiro atoms. The maximum atomic E-state index is 13.0. The third kappa shape index (κ3) is 82.8. The van der Waals surface area contributed by atoms with Gasteiger partial charge in [-0.1, -0.05) is 392 Å². The molecule has 0 saturated carbocycles. The van der Waals surface area contributed by atoms with Crippen molar-refractivity contribution in [3.8, 4) is 0 Å². The second-order valence-electron chi connectivity index (χ2n) is 29.7. The van der Waals surface area contributed by atoms with Crippen molar-refractivity contribution in [1.82, 2.24) is 0 Å². The smallest absolute Gasteiger partial charge is 0.361 e. The summed E-state index contributed by atoms with van der Waals surface area (Å²) >= 11 is 0. The zero-order valence-electron chi connectivity index (χ0n) is 66.8. The van der Waals surface area contributed by atoms with Gasteiger partial charge in [0.05, 0.1) is 34.4 Å². The molecule has 0 aliphatic heterocycles. The lowest BCUT2D eigenvalue weighted by atomic mass is 10.0. The summed E-state index contributed by atoms with van der Waals surface area (Å²) in [5, 5.41) is 9.79. The van der Waals surface area contributed by atoms with Gasteiger partial charge >= 0.3 is 17.9 Å². The molecule has 0 amide bonds. The van der Waals surface area contributed by atoms with E-state index in [1.165, 1.54) is 257 Å². The van der Waals surface area contributed by atoms with Crippen molar-refractivity contribution in [3.63, 3.8) is 0 Å². The van der Waals surface area contributed by atoms with E-state index >= 15 is 0 Å². The fourth-order valence-electron chi connectivity index (χ4n) is 12.3. The Hall–Kier alpha value is -4.31. The van der Waals surface area contributed by atoms with E-state index < -0.39 is 18.4 Å². The standard InChI is InChI=1S/C92H161NO8/c1-6-8-10-12-14-16-18-20-22-24-26-28-30-32-34-36-38-40-42-44-45-47-48-50-52-54-56-58-60-62-64-66-68-70-72-74-76-78-80-82-89(94)99-86-88(87-100-92(91(96)97)98-85-84-93(3,4)5)101-90(95)83-81-79-77-75-73-71-69-67-65-63-61-59-57-55-53-51-49-46-43-41-39-37-35-33-31-29-27-25-23-21-19-17-15-13-11-9-7-2/h8-11,14-17,20-23,26-29,33,35,39,41,88,92H,6-7,12-13,18-19,24-25,30-32,34,36-38,40,42-87H2,1-5H3/p+1/b10-8-,11-9-,16-14-,17-15-,22-20-,23-21-,28-26-,29-27-,35-33-,41-39-. The fraction of sp³-hybridized carbons (Fsp3) is 0.750. The van der Waals surface area contributed by atoms with Gasteiger partial charge in [0.1, 0.15) is 13.2 Å². The Labute approximate surface area is 625 Å². The summed E-state index contributed by atoms with van der Waals surface area (Å²) in [5.41, 5.74) is 0. The number of hydrogen-bond donors (Lipinski definition) is 1. The van der Waals surface area contributed by atoms with Crippen molar-refractivity contribution < 1.29 is 42.9 Å². The van der Waals surface area contributed by atoms with Crippen molar-refractivity contribution in [1.29, 1.82) is 0 Å². The van der Waals surface area contributed by atoms with Gasteiger partial charge < -0.3 is 28.5 Å². The van der Waals surface area contributed by atoms with Crippen molar-refractivity contribution in [2.24, 2.45) is 0 Å². The van der Waals surface area contributed by atoms with Gasteiger partial charge in [0.2, 0.25) is 0 Å². The average Bonchev–Trinajstić information content (AvgIpc) is 1.25. The van der Waals surface area contributed by atoms with Crippen LogP contribution < -0.4 is 0 Å². The van der Waals surface area contributed by atoms with Gasteiger partial charge in [-0.15, -0.1) is 0 Å². The Bertz CT molecular complexity index is 2090. The van der Waals surface area contributed by atoms with Crippen LogP contribution in [-0.4, -0.2) is 87.4 Å². The molecule has 0 aliphatic carbocycles. The molecular formula is C92H162NO8+. The van der Waals surface area contributed by atoms with Crippen LogP contribution in [0.1, 0.15) is 386 Å². The first kappa shape index (κ1) is 96.7. The number of hydrogen-bond acceptors (Lipinski definition) is 7. The van der Waals surface area contributed by atoms with Crippen LogP contribution in [0.2, 0.25) is 0 Å². The monoisotopic (exact) mass is 1410 g/mol. The molecule has 9 heteroatoms. The summed E-state index contributed by atoms with van der Waals surface area (Å²) in [6.45, 7) is 4.70. The molecular weight excluding hydrogens is 1250 g/mol. The van der Waals surface area contributed by atoms with E-state index in [9.17, 15) is 19.5 Å². The Balaban J connectivity index is 3.95. The van der Waals surface area contributed by atoms with Crippen LogP contribution in [0.4, 0.5) is 0 Å². The molecule has 0 radical (unpaired) electrons. The normalized spacial score (nSPS) is 13.2. The fourth-order valence-corrected chi connectivity index (χ4v) is 12.3. The van der Waals surface area contributed by atoms with E-state index in [4.69, 9.17) is 18.9 Å². The van der Waals surface area contributed by atoms with E-state index in [1.807, 2.05) is 21.1 Å². The Kier molecular flexibility index (Phi) is 77.9. The number of carboxylic acids is 1. The zero-order valence-corrected chi connectivity index (χ0v) is 66.8. The number of allylic oxidation sites excluding steroid dienone is 20. The first-order valence-electron chi connectivity index (χ1n) is 42.7. The molecule has 0 rings (SSSR count). The molecule has 2 atom stereocenters. The molecule has 0 heterocycles. The van der Waals surface area contributed by atoms with Crippen molar-refractivity contribution in [2.45, 2.75) is 399 Å². The first-order chi connectivity index (χ1) is 49.6. The molecule has 582 valence electrons. The highest BCUT2D eigenvalue weighted by atomic mass is 16.7. The van der Waals surface area contributed by atoms with Gasteiger partial charge in [-0.25, -0.2) is 4.79 Å². The summed E-state index contributed by atoms with van der Waals surface area (Å²) in [4.78, 5) is 37.8. The molecule has 0 aromatic rings. The number of quaternary nitrogens is 1. The number of esters is 2. The van der Waals surface area contributed by atoms with Crippen LogP contribution in [0.25, 0.3) is 0 Å². The highest BCUT2D eigenvalue weighted by Gasteiger charge is 2.25. The van der Waals surface area contributed by atoms with E-state index in [-0.39, 0.29) is 38.2 Å². The summed E-state index contributed by atoms with van der Waals surface area (Å²) in [6, 6.07) is 0. The van der Waals surface area contributed by atoms with Crippen LogP contribution >= 0.6 is 0 Å². The van der Waals surface area contributed by atoms with Gasteiger partial charge in [-0.3, -0.25) is 9.59 Å². The summed E-state index contributed by atoms with van der Waals surface area (Å²) in [5.74, 6) is -1.98. The van der Waals surface area contributed by atoms with Gasteiger partial charge in [0.15, 0.2) is 6.10 Å². The second-order valence-corrected chi connectivity index (χ2v) is 29.7. The van der Waals surface area contributed by atoms with Crippen molar-refractivity contribution in [2.75, 3.05) is 47.5 Å². The molecule has 9 nitrogen and oxygen atoms in total. The van der Waals surface area contributed by atoms with Crippen LogP contribution in [0, 0.1) is 0 Å². The maximum Gasteiger partial charge on any atom is 0.361 e. The second kappa shape index (κ2) is 81.4.